The quantitative estimate of drug-likeness (QED) is 0.862. The minimum atomic E-state index is -1.15. The molecule has 1 amide bonds. The van der Waals surface area contributed by atoms with Crippen LogP contribution in [-0.4, -0.2) is 22.4 Å². The molecule has 2 aromatic carbocycles. The van der Waals surface area contributed by atoms with Gasteiger partial charge in [-0.1, -0.05) is 35.3 Å². The van der Waals surface area contributed by atoms with E-state index in [9.17, 15) is 9.00 Å². The zero-order valence-corrected chi connectivity index (χ0v) is 14.0. The molecule has 3 nitrogen and oxygen atoms in total. The number of rotatable bonds is 6. The molecule has 0 bridgehead atoms. The van der Waals surface area contributed by atoms with Gasteiger partial charge in [-0.25, -0.2) is 0 Å². The van der Waals surface area contributed by atoms with Gasteiger partial charge in [0.25, 0.3) is 0 Å². The van der Waals surface area contributed by atoms with Crippen molar-refractivity contribution in [2.75, 3.05) is 12.3 Å². The average Bonchev–Trinajstić information content (AvgIpc) is 2.50. The van der Waals surface area contributed by atoms with Crippen LogP contribution in [0, 0.1) is 0 Å². The molecule has 0 aromatic heterocycles. The molecule has 0 heterocycles. The van der Waals surface area contributed by atoms with E-state index in [0.29, 0.717) is 27.2 Å². The van der Waals surface area contributed by atoms with E-state index >= 15 is 0 Å². The molecule has 1 N–H and O–H groups in total. The summed E-state index contributed by atoms with van der Waals surface area (Å²) in [5, 5.41) is 4.02. The molecule has 6 heteroatoms. The van der Waals surface area contributed by atoms with Crippen molar-refractivity contribution in [3.05, 3.63) is 64.1 Å². The highest BCUT2D eigenvalue weighted by Gasteiger charge is 2.06. The molecular formula is C16H15Cl2NO2S. The molecular weight excluding hydrogens is 341 g/mol. The standard InChI is InChI=1S/C16H15Cl2NO2S/c17-13-3-1-12(2-4-13)11-16(20)19-9-10-22(21)15-7-5-14(18)6-8-15/h1-8H,9-11H2,(H,19,20)/t22-/m0/s1. The fourth-order valence-corrected chi connectivity index (χ4v) is 3.05. The normalized spacial score (nSPS) is 11.9. The highest BCUT2D eigenvalue weighted by atomic mass is 35.5. The maximum absolute atomic E-state index is 12.0. The summed E-state index contributed by atoms with van der Waals surface area (Å²) in [5.41, 5.74) is 0.890. The molecule has 116 valence electrons. The lowest BCUT2D eigenvalue weighted by Gasteiger charge is -2.06. The van der Waals surface area contributed by atoms with Gasteiger partial charge in [-0.15, -0.1) is 0 Å². The number of amides is 1. The minimum absolute atomic E-state index is 0.101. The molecule has 0 unspecified atom stereocenters. The molecule has 0 fully saturated rings. The summed E-state index contributed by atoms with van der Waals surface area (Å²) < 4.78 is 12.0. The fourth-order valence-electron chi connectivity index (χ4n) is 1.84. The van der Waals surface area contributed by atoms with Crippen molar-refractivity contribution in [1.82, 2.24) is 5.32 Å². The first-order valence-corrected chi connectivity index (χ1v) is 8.77. The van der Waals surface area contributed by atoms with Crippen LogP contribution in [0.15, 0.2) is 53.4 Å². The van der Waals surface area contributed by atoms with Gasteiger partial charge in [-0.3, -0.25) is 9.00 Å². The van der Waals surface area contributed by atoms with Crippen LogP contribution in [0.3, 0.4) is 0 Å². The van der Waals surface area contributed by atoms with Crippen molar-refractivity contribution in [3.63, 3.8) is 0 Å². The molecule has 0 aliphatic carbocycles. The van der Waals surface area contributed by atoms with E-state index in [1.165, 1.54) is 0 Å². The Bertz CT molecular complexity index is 657. The molecule has 22 heavy (non-hydrogen) atoms. The van der Waals surface area contributed by atoms with Gasteiger partial charge < -0.3 is 5.32 Å². The fraction of sp³-hybridized carbons (Fsp3) is 0.188. The Kier molecular flexibility index (Phi) is 6.43. The molecule has 0 spiro atoms. The van der Waals surface area contributed by atoms with E-state index in [0.717, 1.165) is 5.56 Å². The van der Waals surface area contributed by atoms with Crippen molar-refractivity contribution >= 4 is 39.9 Å². The zero-order valence-electron chi connectivity index (χ0n) is 11.7. The highest BCUT2D eigenvalue weighted by Crippen LogP contribution is 2.12. The number of benzene rings is 2. The lowest BCUT2D eigenvalue weighted by molar-refractivity contribution is -0.120. The van der Waals surface area contributed by atoms with Gasteiger partial charge in [0, 0.05) is 27.2 Å². The number of carbonyl (C=O) groups is 1. The Morgan fingerprint density at radius 3 is 2.09 bits per heavy atom. The van der Waals surface area contributed by atoms with Crippen LogP contribution >= 0.6 is 23.2 Å². The molecule has 0 saturated carbocycles. The van der Waals surface area contributed by atoms with E-state index in [-0.39, 0.29) is 12.3 Å². The van der Waals surface area contributed by atoms with Crippen LogP contribution < -0.4 is 5.32 Å². The Hall–Kier alpha value is -1.36. The van der Waals surface area contributed by atoms with E-state index in [4.69, 9.17) is 23.2 Å². The first-order chi connectivity index (χ1) is 10.5. The minimum Gasteiger partial charge on any atom is -0.355 e. The second kappa shape index (κ2) is 8.32. The van der Waals surface area contributed by atoms with Crippen LogP contribution in [0.1, 0.15) is 5.56 Å². The third-order valence-electron chi connectivity index (χ3n) is 2.96. The summed E-state index contributed by atoms with van der Waals surface area (Å²) >= 11 is 11.6. The van der Waals surface area contributed by atoms with Gasteiger partial charge in [0.05, 0.1) is 17.2 Å². The third-order valence-corrected chi connectivity index (χ3v) is 4.84. The molecule has 0 aliphatic heterocycles. The van der Waals surface area contributed by atoms with Gasteiger partial charge in [0.2, 0.25) is 5.91 Å². The number of nitrogens with one attached hydrogen (secondary N) is 1. The number of halogens is 2. The molecule has 0 aliphatic rings. The van der Waals surface area contributed by atoms with Gasteiger partial charge in [0.1, 0.15) is 0 Å². The summed E-state index contributed by atoms with van der Waals surface area (Å²) in [6, 6.07) is 14.0. The molecule has 1 atom stereocenters. The number of hydrogen-bond donors (Lipinski definition) is 1. The Labute approximate surface area is 142 Å². The Morgan fingerprint density at radius 2 is 1.50 bits per heavy atom. The molecule has 2 aromatic rings. The van der Waals surface area contributed by atoms with Crippen LogP contribution in [0.2, 0.25) is 10.0 Å². The zero-order chi connectivity index (χ0) is 15.9. The van der Waals surface area contributed by atoms with Gasteiger partial charge in [0.15, 0.2) is 0 Å². The Morgan fingerprint density at radius 1 is 0.955 bits per heavy atom. The first kappa shape index (κ1) is 17.0. The lowest BCUT2D eigenvalue weighted by Crippen LogP contribution is -2.29. The SMILES string of the molecule is O=C(Cc1ccc(Cl)cc1)NCC[S@](=O)c1ccc(Cl)cc1. The molecule has 0 radical (unpaired) electrons. The second-order valence-corrected chi connectivity index (χ2v) is 7.10. The smallest absolute Gasteiger partial charge is 0.224 e. The van der Waals surface area contributed by atoms with Crippen LogP contribution in [0.25, 0.3) is 0 Å². The summed E-state index contributed by atoms with van der Waals surface area (Å²) in [5.74, 6) is 0.268. The van der Waals surface area contributed by atoms with Gasteiger partial charge in [-0.05, 0) is 42.0 Å². The van der Waals surface area contributed by atoms with Crippen molar-refractivity contribution in [2.24, 2.45) is 0 Å². The maximum atomic E-state index is 12.0. The highest BCUT2D eigenvalue weighted by molar-refractivity contribution is 7.85. The predicted octanol–water partition coefficient (Wildman–Crippen LogP) is 3.46. The van der Waals surface area contributed by atoms with Crippen molar-refractivity contribution in [1.29, 1.82) is 0 Å². The van der Waals surface area contributed by atoms with E-state index < -0.39 is 10.8 Å². The molecule has 0 saturated heterocycles. The van der Waals surface area contributed by atoms with E-state index in [1.54, 1.807) is 36.4 Å². The number of hydrogen-bond acceptors (Lipinski definition) is 2. The lowest BCUT2D eigenvalue weighted by atomic mass is 10.1. The van der Waals surface area contributed by atoms with Crippen LogP contribution in [0.4, 0.5) is 0 Å². The summed E-state index contributed by atoms with van der Waals surface area (Å²) in [6.07, 6.45) is 0.282. The summed E-state index contributed by atoms with van der Waals surface area (Å²) in [4.78, 5) is 12.5. The van der Waals surface area contributed by atoms with Crippen LogP contribution in [0.5, 0.6) is 0 Å². The maximum Gasteiger partial charge on any atom is 0.224 e. The summed E-state index contributed by atoms with van der Waals surface area (Å²) in [7, 11) is -1.15. The largest absolute Gasteiger partial charge is 0.355 e. The average molecular weight is 356 g/mol. The van der Waals surface area contributed by atoms with Gasteiger partial charge >= 0.3 is 0 Å². The summed E-state index contributed by atoms with van der Waals surface area (Å²) in [6.45, 7) is 0.363. The van der Waals surface area contributed by atoms with Crippen LogP contribution in [-0.2, 0) is 22.0 Å². The predicted molar refractivity (Wildman–Crippen MR) is 90.9 cm³/mol. The van der Waals surface area contributed by atoms with E-state index in [2.05, 4.69) is 5.32 Å². The first-order valence-electron chi connectivity index (χ1n) is 6.69. The Balaban J connectivity index is 1.75. The number of carbonyl (C=O) groups excluding carboxylic acids is 1. The van der Waals surface area contributed by atoms with Crippen molar-refractivity contribution in [2.45, 2.75) is 11.3 Å². The van der Waals surface area contributed by atoms with Crippen molar-refractivity contribution in [3.8, 4) is 0 Å². The molecule has 2 rings (SSSR count). The second-order valence-electron chi connectivity index (χ2n) is 4.66. The topological polar surface area (TPSA) is 46.2 Å². The monoisotopic (exact) mass is 355 g/mol. The van der Waals surface area contributed by atoms with E-state index in [1.807, 2.05) is 12.1 Å². The third kappa shape index (κ3) is 5.44. The van der Waals surface area contributed by atoms with Gasteiger partial charge in [-0.2, -0.15) is 0 Å². The van der Waals surface area contributed by atoms with Crippen molar-refractivity contribution < 1.29 is 9.00 Å².